The molecule has 1 amide bonds. The summed E-state index contributed by atoms with van der Waals surface area (Å²) in [7, 11) is 0. The monoisotopic (exact) mass is 270 g/mol. The SMILES string of the molecule is CCOC(=O)c1cc(C)sc1NC(=O)CCCN. The van der Waals surface area contributed by atoms with Crippen LogP contribution in [0.25, 0.3) is 0 Å². The van der Waals surface area contributed by atoms with Crippen LogP contribution in [0.15, 0.2) is 6.07 Å². The van der Waals surface area contributed by atoms with Gasteiger partial charge in [-0.25, -0.2) is 4.79 Å². The summed E-state index contributed by atoms with van der Waals surface area (Å²) >= 11 is 1.37. The molecule has 18 heavy (non-hydrogen) atoms. The predicted molar refractivity (Wildman–Crippen MR) is 71.9 cm³/mol. The van der Waals surface area contributed by atoms with E-state index in [4.69, 9.17) is 10.5 Å². The molecule has 1 heterocycles. The van der Waals surface area contributed by atoms with Gasteiger partial charge in [0.25, 0.3) is 0 Å². The van der Waals surface area contributed by atoms with E-state index in [2.05, 4.69) is 5.32 Å². The third kappa shape index (κ3) is 4.12. The Morgan fingerprint density at radius 2 is 2.22 bits per heavy atom. The lowest BCUT2D eigenvalue weighted by Gasteiger charge is -2.05. The molecular formula is C12H18N2O3S. The highest BCUT2D eigenvalue weighted by Gasteiger charge is 2.17. The number of carbonyl (C=O) groups excluding carboxylic acids is 2. The van der Waals surface area contributed by atoms with E-state index in [9.17, 15) is 9.59 Å². The van der Waals surface area contributed by atoms with Crippen LogP contribution in [0.2, 0.25) is 0 Å². The lowest BCUT2D eigenvalue weighted by molar-refractivity contribution is -0.116. The van der Waals surface area contributed by atoms with Crippen LogP contribution in [0.3, 0.4) is 0 Å². The molecule has 3 N–H and O–H groups in total. The number of rotatable bonds is 6. The summed E-state index contributed by atoms with van der Waals surface area (Å²) in [5, 5.41) is 3.28. The van der Waals surface area contributed by atoms with Gasteiger partial charge in [0.1, 0.15) is 5.00 Å². The average molecular weight is 270 g/mol. The molecule has 0 saturated carbocycles. The summed E-state index contributed by atoms with van der Waals surface area (Å²) in [6.07, 6.45) is 0.987. The standard InChI is InChI=1S/C12H18N2O3S/c1-3-17-12(16)9-7-8(2)18-11(9)14-10(15)5-4-6-13/h7H,3-6,13H2,1-2H3,(H,14,15). The molecule has 5 nitrogen and oxygen atoms in total. The minimum Gasteiger partial charge on any atom is -0.462 e. The number of ether oxygens (including phenoxy) is 1. The fourth-order valence-corrected chi connectivity index (χ4v) is 2.34. The summed E-state index contributed by atoms with van der Waals surface area (Å²) in [5.74, 6) is -0.538. The molecule has 0 aromatic carbocycles. The Morgan fingerprint density at radius 1 is 1.50 bits per heavy atom. The van der Waals surface area contributed by atoms with Crippen LogP contribution >= 0.6 is 11.3 Å². The van der Waals surface area contributed by atoms with Crippen molar-refractivity contribution < 1.29 is 14.3 Å². The van der Waals surface area contributed by atoms with Crippen molar-refractivity contribution in [1.82, 2.24) is 0 Å². The van der Waals surface area contributed by atoms with Gasteiger partial charge in [-0.15, -0.1) is 11.3 Å². The molecular weight excluding hydrogens is 252 g/mol. The molecule has 0 saturated heterocycles. The van der Waals surface area contributed by atoms with E-state index in [1.165, 1.54) is 11.3 Å². The molecule has 6 heteroatoms. The van der Waals surface area contributed by atoms with E-state index in [1.54, 1.807) is 13.0 Å². The normalized spacial score (nSPS) is 10.2. The molecule has 1 aromatic heterocycles. The third-order valence-corrected chi connectivity index (χ3v) is 3.18. The smallest absolute Gasteiger partial charge is 0.341 e. The Kier molecular flexibility index (Phi) is 5.80. The van der Waals surface area contributed by atoms with E-state index in [1.807, 2.05) is 6.92 Å². The molecule has 0 fully saturated rings. The number of hydrogen-bond acceptors (Lipinski definition) is 5. The maximum Gasteiger partial charge on any atom is 0.341 e. The summed E-state index contributed by atoms with van der Waals surface area (Å²) in [6, 6.07) is 1.72. The molecule has 0 unspecified atom stereocenters. The van der Waals surface area contributed by atoms with Gasteiger partial charge in [0.2, 0.25) is 5.91 Å². The number of nitrogens with one attached hydrogen (secondary N) is 1. The zero-order chi connectivity index (χ0) is 13.5. The number of amides is 1. The van der Waals surface area contributed by atoms with Crippen molar-refractivity contribution in [3.8, 4) is 0 Å². The maximum atomic E-state index is 11.7. The molecule has 100 valence electrons. The Hall–Kier alpha value is -1.40. The van der Waals surface area contributed by atoms with E-state index in [-0.39, 0.29) is 5.91 Å². The molecule has 1 aromatic rings. The van der Waals surface area contributed by atoms with E-state index in [0.29, 0.717) is 36.6 Å². The van der Waals surface area contributed by atoms with Crippen molar-refractivity contribution in [2.45, 2.75) is 26.7 Å². The summed E-state index contributed by atoms with van der Waals surface area (Å²) in [5.41, 5.74) is 5.76. The zero-order valence-corrected chi connectivity index (χ0v) is 11.4. The molecule has 0 spiro atoms. The van der Waals surface area contributed by atoms with Crippen LogP contribution in [-0.4, -0.2) is 25.0 Å². The maximum absolute atomic E-state index is 11.7. The number of aryl methyl sites for hydroxylation is 1. The first-order valence-electron chi connectivity index (χ1n) is 5.86. The van der Waals surface area contributed by atoms with Crippen LogP contribution in [0.1, 0.15) is 35.0 Å². The van der Waals surface area contributed by atoms with Crippen LogP contribution in [0.4, 0.5) is 5.00 Å². The zero-order valence-electron chi connectivity index (χ0n) is 10.6. The Balaban J connectivity index is 2.75. The number of hydrogen-bond donors (Lipinski definition) is 2. The molecule has 0 radical (unpaired) electrons. The number of nitrogens with two attached hydrogens (primary N) is 1. The van der Waals surface area contributed by atoms with Crippen molar-refractivity contribution in [1.29, 1.82) is 0 Å². The second-order valence-corrected chi connectivity index (χ2v) is 5.02. The fraction of sp³-hybridized carbons (Fsp3) is 0.500. The quantitative estimate of drug-likeness (QED) is 0.774. The van der Waals surface area contributed by atoms with Crippen molar-refractivity contribution in [3.05, 3.63) is 16.5 Å². The van der Waals surface area contributed by atoms with Gasteiger partial charge < -0.3 is 15.8 Å². The highest BCUT2D eigenvalue weighted by molar-refractivity contribution is 7.16. The number of carbonyl (C=O) groups is 2. The Morgan fingerprint density at radius 3 is 2.83 bits per heavy atom. The molecule has 0 aliphatic carbocycles. The fourth-order valence-electron chi connectivity index (χ4n) is 1.42. The van der Waals surface area contributed by atoms with Crippen LogP contribution in [0, 0.1) is 6.92 Å². The van der Waals surface area contributed by atoms with E-state index < -0.39 is 5.97 Å². The van der Waals surface area contributed by atoms with Gasteiger partial charge in [0.05, 0.1) is 12.2 Å². The predicted octanol–water partition coefficient (Wildman–Crippen LogP) is 1.91. The van der Waals surface area contributed by atoms with Crippen LogP contribution < -0.4 is 11.1 Å². The summed E-state index contributed by atoms with van der Waals surface area (Å²) in [4.78, 5) is 24.2. The number of anilines is 1. The van der Waals surface area contributed by atoms with E-state index >= 15 is 0 Å². The molecule has 0 bridgehead atoms. The highest BCUT2D eigenvalue weighted by Crippen LogP contribution is 2.28. The minimum atomic E-state index is -0.407. The Bertz CT molecular complexity index is 429. The molecule has 1 rings (SSSR count). The molecule has 0 atom stereocenters. The largest absolute Gasteiger partial charge is 0.462 e. The lowest BCUT2D eigenvalue weighted by Crippen LogP contribution is -2.15. The number of thiophene rings is 1. The first-order chi connectivity index (χ1) is 8.58. The van der Waals surface area contributed by atoms with Crippen molar-refractivity contribution in [3.63, 3.8) is 0 Å². The van der Waals surface area contributed by atoms with Gasteiger partial charge in [-0.05, 0) is 32.9 Å². The topological polar surface area (TPSA) is 81.4 Å². The average Bonchev–Trinajstić information content (AvgIpc) is 2.68. The first kappa shape index (κ1) is 14.7. The Labute approximate surface area is 110 Å². The summed E-state index contributed by atoms with van der Waals surface area (Å²) < 4.78 is 4.94. The van der Waals surface area contributed by atoms with Crippen LogP contribution in [0.5, 0.6) is 0 Å². The van der Waals surface area contributed by atoms with Gasteiger partial charge in [-0.3, -0.25) is 4.79 Å². The van der Waals surface area contributed by atoms with Crippen molar-refractivity contribution in [2.24, 2.45) is 5.73 Å². The van der Waals surface area contributed by atoms with E-state index in [0.717, 1.165) is 4.88 Å². The van der Waals surface area contributed by atoms with Crippen molar-refractivity contribution in [2.75, 3.05) is 18.5 Å². The summed E-state index contributed by atoms with van der Waals surface area (Å²) in [6.45, 7) is 4.41. The van der Waals surface area contributed by atoms with Gasteiger partial charge in [0, 0.05) is 11.3 Å². The van der Waals surface area contributed by atoms with Crippen LogP contribution in [-0.2, 0) is 9.53 Å². The highest BCUT2D eigenvalue weighted by atomic mass is 32.1. The minimum absolute atomic E-state index is 0.132. The second kappa shape index (κ2) is 7.13. The number of esters is 1. The van der Waals surface area contributed by atoms with Gasteiger partial charge in [-0.2, -0.15) is 0 Å². The molecule has 0 aliphatic heterocycles. The van der Waals surface area contributed by atoms with Gasteiger partial charge in [0.15, 0.2) is 0 Å². The lowest BCUT2D eigenvalue weighted by atomic mass is 10.2. The van der Waals surface area contributed by atoms with Gasteiger partial charge in [-0.1, -0.05) is 0 Å². The molecule has 0 aliphatic rings. The third-order valence-electron chi connectivity index (χ3n) is 2.21. The van der Waals surface area contributed by atoms with Crippen molar-refractivity contribution >= 4 is 28.2 Å². The first-order valence-corrected chi connectivity index (χ1v) is 6.67. The second-order valence-electron chi connectivity index (χ2n) is 3.76. The van der Waals surface area contributed by atoms with Gasteiger partial charge >= 0.3 is 5.97 Å².